The van der Waals surface area contributed by atoms with Gasteiger partial charge in [0.15, 0.2) is 5.78 Å². The lowest BCUT2D eigenvalue weighted by Gasteiger charge is -1.98. The molecule has 1 heterocycles. The van der Waals surface area contributed by atoms with Gasteiger partial charge in [0.05, 0.1) is 12.7 Å². The van der Waals surface area contributed by atoms with Gasteiger partial charge in [0.2, 0.25) is 0 Å². The van der Waals surface area contributed by atoms with Gasteiger partial charge in [0.25, 0.3) is 0 Å². The first-order valence-corrected chi connectivity index (χ1v) is 5.26. The van der Waals surface area contributed by atoms with Crippen molar-refractivity contribution in [1.29, 1.82) is 0 Å². The second-order valence-electron chi connectivity index (χ2n) is 3.97. The van der Waals surface area contributed by atoms with Crippen molar-refractivity contribution in [2.24, 2.45) is 0 Å². The van der Waals surface area contributed by atoms with Gasteiger partial charge in [0.1, 0.15) is 5.69 Å². The maximum atomic E-state index is 11.6. The van der Waals surface area contributed by atoms with E-state index in [1.54, 1.807) is 0 Å². The smallest absolute Gasteiger partial charge is 0.355 e. The zero-order chi connectivity index (χ0) is 12.6. The molecule has 0 saturated heterocycles. The number of carbonyl (C=O) groups is 2. The molecular weight excluding hydrogens is 218 g/mol. The maximum absolute atomic E-state index is 11.6. The number of rotatable bonds is 2. The van der Waals surface area contributed by atoms with E-state index in [1.807, 2.05) is 25.1 Å². The summed E-state index contributed by atoms with van der Waals surface area (Å²) in [5.41, 5.74) is 2.45. The van der Waals surface area contributed by atoms with Gasteiger partial charge < -0.3 is 9.72 Å². The second-order valence-corrected chi connectivity index (χ2v) is 3.97. The summed E-state index contributed by atoms with van der Waals surface area (Å²) in [5, 5.41) is 0.753. The van der Waals surface area contributed by atoms with Crippen molar-refractivity contribution in [2.75, 3.05) is 7.11 Å². The molecule has 0 spiro atoms. The lowest BCUT2D eigenvalue weighted by Crippen LogP contribution is -2.07. The van der Waals surface area contributed by atoms with Crippen molar-refractivity contribution in [3.8, 4) is 0 Å². The molecule has 0 bridgehead atoms. The van der Waals surface area contributed by atoms with E-state index in [9.17, 15) is 9.59 Å². The van der Waals surface area contributed by atoms with E-state index in [0.29, 0.717) is 5.56 Å². The molecule has 1 aromatic heterocycles. The molecule has 0 atom stereocenters. The average Bonchev–Trinajstić information content (AvgIpc) is 2.66. The maximum Gasteiger partial charge on any atom is 0.355 e. The zero-order valence-electron chi connectivity index (χ0n) is 9.96. The summed E-state index contributed by atoms with van der Waals surface area (Å²) >= 11 is 0. The van der Waals surface area contributed by atoms with E-state index < -0.39 is 5.97 Å². The van der Waals surface area contributed by atoms with Gasteiger partial charge in [-0.1, -0.05) is 12.1 Å². The summed E-state index contributed by atoms with van der Waals surface area (Å²) in [6, 6.07) is 5.64. The number of aryl methyl sites for hydroxylation is 1. The third-order valence-corrected chi connectivity index (χ3v) is 2.70. The SMILES string of the molecule is COC(=O)c1[nH]c2cc(C)ccc2c1C(C)=O. The largest absolute Gasteiger partial charge is 0.464 e. The highest BCUT2D eigenvalue weighted by Gasteiger charge is 2.21. The summed E-state index contributed by atoms with van der Waals surface area (Å²) in [6.07, 6.45) is 0. The molecule has 2 rings (SSSR count). The Balaban J connectivity index is 2.79. The van der Waals surface area contributed by atoms with Crippen LogP contribution in [0.4, 0.5) is 0 Å². The highest BCUT2D eigenvalue weighted by Crippen LogP contribution is 2.24. The first-order chi connectivity index (χ1) is 8.04. The minimum atomic E-state index is -0.524. The van der Waals surface area contributed by atoms with Gasteiger partial charge in [-0.3, -0.25) is 4.79 Å². The van der Waals surface area contributed by atoms with E-state index in [2.05, 4.69) is 9.72 Å². The molecule has 0 amide bonds. The fourth-order valence-electron chi connectivity index (χ4n) is 1.93. The quantitative estimate of drug-likeness (QED) is 0.638. The van der Waals surface area contributed by atoms with E-state index in [-0.39, 0.29) is 11.5 Å². The van der Waals surface area contributed by atoms with Crippen LogP contribution in [-0.2, 0) is 4.74 Å². The first-order valence-electron chi connectivity index (χ1n) is 5.26. The van der Waals surface area contributed by atoms with Crippen molar-refractivity contribution in [3.05, 3.63) is 35.0 Å². The fourth-order valence-corrected chi connectivity index (χ4v) is 1.93. The van der Waals surface area contributed by atoms with Crippen LogP contribution in [-0.4, -0.2) is 23.8 Å². The first kappa shape index (κ1) is 11.4. The van der Waals surface area contributed by atoms with E-state index in [1.165, 1.54) is 14.0 Å². The van der Waals surface area contributed by atoms with Crippen LogP contribution >= 0.6 is 0 Å². The molecule has 1 aromatic carbocycles. The number of hydrogen-bond acceptors (Lipinski definition) is 3. The van der Waals surface area contributed by atoms with E-state index >= 15 is 0 Å². The molecule has 88 valence electrons. The van der Waals surface area contributed by atoms with Crippen LogP contribution in [0, 0.1) is 6.92 Å². The Hall–Kier alpha value is -2.10. The van der Waals surface area contributed by atoms with Crippen LogP contribution in [0.25, 0.3) is 10.9 Å². The number of esters is 1. The third kappa shape index (κ3) is 1.82. The standard InChI is InChI=1S/C13H13NO3/c1-7-4-5-9-10(6-7)14-12(13(16)17-3)11(9)8(2)15/h4-6,14H,1-3H3. The number of nitrogens with one attached hydrogen (secondary N) is 1. The van der Waals surface area contributed by atoms with Crippen molar-refractivity contribution in [3.63, 3.8) is 0 Å². The zero-order valence-corrected chi connectivity index (χ0v) is 9.96. The van der Waals surface area contributed by atoms with Crippen LogP contribution < -0.4 is 0 Å². The van der Waals surface area contributed by atoms with Gasteiger partial charge in [-0.15, -0.1) is 0 Å². The minimum absolute atomic E-state index is 0.152. The van der Waals surface area contributed by atoms with Crippen molar-refractivity contribution >= 4 is 22.7 Å². The minimum Gasteiger partial charge on any atom is -0.464 e. The Morgan fingerprint density at radius 3 is 2.59 bits per heavy atom. The topological polar surface area (TPSA) is 59.2 Å². The van der Waals surface area contributed by atoms with Crippen molar-refractivity contribution in [2.45, 2.75) is 13.8 Å². The molecule has 1 N–H and O–H groups in total. The summed E-state index contributed by atoms with van der Waals surface area (Å²) in [7, 11) is 1.29. The molecule has 0 aliphatic carbocycles. The number of ether oxygens (including phenoxy) is 1. The lowest BCUT2D eigenvalue weighted by molar-refractivity contribution is 0.0591. The number of Topliss-reactive ketones (excluding diaryl/α,β-unsaturated/α-hetero) is 1. The average molecular weight is 231 g/mol. The second kappa shape index (κ2) is 4.05. The molecule has 2 aromatic rings. The van der Waals surface area contributed by atoms with Crippen LogP contribution in [0.15, 0.2) is 18.2 Å². The number of benzene rings is 1. The number of methoxy groups -OCH3 is 1. The Labute approximate surface area is 98.6 Å². The number of H-pyrrole nitrogens is 1. The predicted molar refractivity (Wildman–Crippen MR) is 64.4 cm³/mol. The van der Waals surface area contributed by atoms with Gasteiger partial charge >= 0.3 is 5.97 Å². The van der Waals surface area contributed by atoms with Crippen molar-refractivity contribution < 1.29 is 14.3 Å². The highest BCUT2D eigenvalue weighted by molar-refractivity contribution is 6.14. The number of ketones is 1. The molecule has 4 heteroatoms. The van der Waals surface area contributed by atoms with Crippen LogP contribution in [0.5, 0.6) is 0 Å². The summed E-state index contributed by atoms with van der Waals surface area (Å²) in [4.78, 5) is 26.1. The molecule has 17 heavy (non-hydrogen) atoms. The molecule has 0 saturated carbocycles. The molecule has 0 aliphatic heterocycles. The predicted octanol–water partition coefficient (Wildman–Crippen LogP) is 2.47. The Morgan fingerprint density at radius 1 is 1.29 bits per heavy atom. The monoisotopic (exact) mass is 231 g/mol. The van der Waals surface area contributed by atoms with Gasteiger partial charge in [-0.25, -0.2) is 4.79 Å². The summed E-state index contributed by atoms with van der Waals surface area (Å²) < 4.78 is 4.66. The normalized spacial score (nSPS) is 10.5. The van der Waals surface area contributed by atoms with Crippen LogP contribution in [0.1, 0.15) is 33.3 Å². The Bertz CT molecular complexity index is 610. The summed E-state index contributed by atoms with van der Waals surface area (Å²) in [5.74, 6) is -0.676. The van der Waals surface area contributed by atoms with Crippen molar-refractivity contribution in [1.82, 2.24) is 4.98 Å². The van der Waals surface area contributed by atoms with Gasteiger partial charge in [-0.05, 0) is 25.5 Å². The summed E-state index contributed by atoms with van der Waals surface area (Å²) in [6.45, 7) is 3.39. The van der Waals surface area contributed by atoms with E-state index in [0.717, 1.165) is 16.5 Å². The molecule has 0 fully saturated rings. The fraction of sp³-hybridized carbons (Fsp3) is 0.231. The van der Waals surface area contributed by atoms with Crippen LogP contribution in [0.3, 0.4) is 0 Å². The number of aromatic amines is 1. The lowest BCUT2D eigenvalue weighted by atomic mass is 10.1. The molecule has 0 unspecified atom stereocenters. The molecule has 4 nitrogen and oxygen atoms in total. The highest BCUT2D eigenvalue weighted by atomic mass is 16.5. The van der Waals surface area contributed by atoms with Gasteiger partial charge in [0, 0.05) is 10.9 Å². The molecule has 0 radical (unpaired) electrons. The Morgan fingerprint density at radius 2 is 2.00 bits per heavy atom. The number of aromatic nitrogens is 1. The molecule has 0 aliphatic rings. The number of fused-ring (bicyclic) bond motifs is 1. The van der Waals surface area contributed by atoms with Gasteiger partial charge in [-0.2, -0.15) is 0 Å². The number of carbonyl (C=O) groups excluding carboxylic acids is 2. The Kier molecular flexibility index (Phi) is 2.71. The van der Waals surface area contributed by atoms with Crippen LogP contribution in [0.2, 0.25) is 0 Å². The molecular formula is C13H13NO3. The third-order valence-electron chi connectivity index (χ3n) is 2.70. The van der Waals surface area contributed by atoms with E-state index in [4.69, 9.17) is 0 Å². The number of hydrogen-bond donors (Lipinski definition) is 1.